The van der Waals surface area contributed by atoms with E-state index in [1.165, 1.54) is 38.5 Å². The third-order valence-corrected chi connectivity index (χ3v) is 6.99. The minimum Gasteiger partial charge on any atom is -0.462 e. The Morgan fingerprint density at radius 1 is 0.692 bits per heavy atom. The van der Waals surface area contributed by atoms with Crippen molar-refractivity contribution >= 4 is 11.9 Å². The van der Waals surface area contributed by atoms with Crippen LogP contribution in [0.1, 0.15) is 117 Å². The fraction of sp³-hybridized carbons (Fsp3) is 0.931. The second-order valence-corrected chi connectivity index (χ2v) is 10.6. The van der Waals surface area contributed by atoms with Crippen molar-refractivity contribution in [3.05, 3.63) is 0 Å². The highest BCUT2D eigenvalue weighted by atomic mass is 16.7. The van der Waals surface area contributed by atoms with Crippen molar-refractivity contribution < 1.29 is 49.0 Å². The van der Waals surface area contributed by atoms with Gasteiger partial charge >= 0.3 is 11.9 Å². The number of carbonyl (C=O) groups is 2. The number of aliphatic hydroxyl groups is 4. The number of hydrogen-bond acceptors (Lipinski definition) is 10. The summed E-state index contributed by atoms with van der Waals surface area (Å²) in [6.07, 6.45) is 7.41. The van der Waals surface area contributed by atoms with Gasteiger partial charge in [0.15, 0.2) is 12.4 Å². The molecule has 1 rings (SSSR count). The van der Waals surface area contributed by atoms with Crippen molar-refractivity contribution in [1.82, 2.24) is 0 Å². The molecule has 1 saturated heterocycles. The molecule has 0 saturated carbocycles. The van der Waals surface area contributed by atoms with Gasteiger partial charge in [-0.05, 0) is 12.8 Å². The van der Waals surface area contributed by atoms with E-state index in [1.807, 2.05) is 0 Å². The average molecular weight is 563 g/mol. The van der Waals surface area contributed by atoms with Crippen molar-refractivity contribution in [2.45, 2.75) is 153 Å². The maximum atomic E-state index is 12.5. The molecule has 0 aromatic rings. The third-order valence-electron chi connectivity index (χ3n) is 6.99. The van der Waals surface area contributed by atoms with E-state index < -0.39 is 49.4 Å². The molecular weight excluding hydrogens is 508 g/mol. The molecule has 1 fully saturated rings. The van der Waals surface area contributed by atoms with Crippen LogP contribution in [0.15, 0.2) is 0 Å². The number of carbonyl (C=O) groups excluding carboxylic acids is 2. The van der Waals surface area contributed by atoms with E-state index in [4.69, 9.17) is 18.9 Å². The molecule has 0 aromatic carbocycles. The van der Waals surface area contributed by atoms with Gasteiger partial charge in [0, 0.05) is 12.8 Å². The van der Waals surface area contributed by atoms with E-state index in [0.29, 0.717) is 6.42 Å². The molecule has 0 bridgehead atoms. The normalized spacial score (nSPS) is 23.9. The van der Waals surface area contributed by atoms with Gasteiger partial charge in [-0.2, -0.15) is 0 Å². The lowest BCUT2D eigenvalue weighted by Crippen LogP contribution is -2.59. The average Bonchev–Trinajstić information content (AvgIpc) is 2.93. The van der Waals surface area contributed by atoms with Gasteiger partial charge in [-0.3, -0.25) is 9.59 Å². The molecule has 10 nitrogen and oxygen atoms in total. The van der Waals surface area contributed by atoms with Crippen molar-refractivity contribution in [2.24, 2.45) is 0 Å². The van der Waals surface area contributed by atoms with E-state index in [2.05, 4.69) is 13.8 Å². The summed E-state index contributed by atoms with van der Waals surface area (Å²) in [4.78, 5) is 24.7. The van der Waals surface area contributed by atoms with Gasteiger partial charge in [0.1, 0.15) is 31.0 Å². The lowest BCUT2D eigenvalue weighted by Gasteiger charge is -2.39. The zero-order chi connectivity index (χ0) is 28.9. The SMILES string of the molecule is CCCCCCCCCC(=O)OCC(CO[C@@H]1O[C@H](CO)[C@@H](O)[C@H](O)[C@H]1O)OC(=O)CCCCCCCCC. The molecule has 1 unspecified atom stereocenters. The Balaban J connectivity index is 2.52. The summed E-state index contributed by atoms with van der Waals surface area (Å²) in [5.74, 6) is -0.821. The van der Waals surface area contributed by atoms with Crippen LogP contribution in [0.3, 0.4) is 0 Å². The fourth-order valence-electron chi connectivity index (χ4n) is 4.48. The highest BCUT2D eigenvalue weighted by Gasteiger charge is 2.44. The van der Waals surface area contributed by atoms with E-state index >= 15 is 0 Å². The van der Waals surface area contributed by atoms with Crippen LogP contribution in [-0.2, 0) is 28.5 Å². The Morgan fingerprint density at radius 2 is 1.21 bits per heavy atom. The molecule has 1 aliphatic rings. The fourth-order valence-corrected chi connectivity index (χ4v) is 4.48. The quantitative estimate of drug-likeness (QED) is 0.107. The Morgan fingerprint density at radius 3 is 1.74 bits per heavy atom. The number of hydrogen-bond donors (Lipinski definition) is 4. The number of ether oxygens (including phenoxy) is 4. The van der Waals surface area contributed by atoms with E-state index in [0.717, 1.165) is 44.9 Å². The van der Waals surface area contributed by atoms with Gasteiger partial charge in [-0.1, -0.05) is 90.9 Å². The smallest absolute Gasteiger partial charge is 0.306 e. The van der Waals surface area contributed by atoms with Crippen LogP contribution in [0.4, 0.5) is 0 Å². The highest BCUT2D eigenvalue weighted by Crippen LogP contribution is 2.22. The summed E-state index contributed by atoms with van der Waals surface area (Å²) >= 11 is 0. The van der Waals surface area contributed by atoms with Gasteiger partial charge in [-0.25, -0.2) is 0 Å². The van der Waals surface area contributed by atoms with Crippen molar-refractivity contribution in [1.29, 1.82) is 0 Å². The van der Waals surface area contributed by atoms with Crippen LogP contribution in [0.5, 0.6) is 0 Å². The third kappa shape index (κ3) is 15.9. The van der Waals surface area contributed by atoms with Crippen LogP contribution in [-0.4, -0.2) is 89.0 Å². The molecule has 0 radical (unpaired) electrons. The van der Waals surface area contributed by atoms with Crippen LogP contribution >= 0.6 is 0 Å². The van der Waals surface area contributed by atoms with E-state index in [1.54, 1.807) is 0 Å². The number of aliphatic hydroxyl groups excluding tert-OH is 4. The Labute approximate surface area is 234 Å². The molecule has 0 amide bonds. The van der Waals surface area contributed by atoms with Crippen LogP contribution in [0.25, 0.3) is 0 Å². The first kappa shape index (κ1) is 35.7. The van der Waals surface area contributed by atoms with E-state index in [-0.39, 0.29) is 32.0 Å². The van der Waals surface area contributed by atoms with Gasteiger partial charge in [0.25, 0.3) is 0 Å². The molecule has 0 aliphatic carbocycles. The van der Waals surface area contributed by atoms with E-state index in [9.17, 15) is 30.0 Å². The van der Waals surface area contributed by atoms with Gasteiger partial charge in [0.05, 0.1) is 13.2 Å². The number of unbranched alkanes of at least 4 members (excludes halogenated alkanes) is 12. The molecule has 6 atom stereocenters. The second kappa shape index (κ2) is 22.4. The monoisotopic (exact) mass is 562 g/mol. The molecule has 1 aliphatic heterocycles. The first-order valence-electron chi connectivity index (χ1n) is 15.1. The summed E-state index contributed by atoms with van der Waals surface area (Å²) in [7, 11) is 0. The van der Waals surface area contributed by atoms with Gasteiger partial charge < -0.3 is 39.4 Å². The summed E-state index contributed by atoms with van der Waals surface area (Å²) in [5, 5.41) is 39.5. The molecular formula is C29H54O10. The second-order valence-electron chi connectivity index (χ2n) is 10.6. The van der Waals surface area contributed by atoms with Gasteiger partial charge in [0.2, 0.25) is 0 Å². The molecule has 4 N–H and O–H groups in total. The van der Waals surface area contributed by atoms with Crippen molar-refractivity contribution in [3.8, 4) is 0 Å². The molecule has 0 spiro atoms. The molecule has 0 aromatic heterocycles. The molecule has 1 heterocycles. The van der Waals surface area contributed by atoms with Crippen molar-refractivity contribution in [2.75, 3.05) is 19.8 Å². The summed E-state index contributed by atoms with van der Waals surface area (Å²) in [5.41, 5.74) is 0. The zero-order valence-electron chi connectivity index (χ0n) is 24.1. The minimum atomic E-state index is -1.58. The standard InChI is InChI=1S/C29H54O10/c1-3-5-7-9-11-13-15-17-24(31)36-20-22(38-25(32)18-16-14-12-10-8-6-4-2)21-37-29-28(35)27(34)26(33)23(19-30)39-29/h22-23,26-30,33-35H,3-21H2,1-2H3/t22?,23-,26-,27+,28-,29-/m1/s1. The summed E-state index contributed by atoms with van der Waals surface area (Å²) in [6, 6.07) is 0. The van der Waals surface area contributed by atoms with Crippen LogP contribution in [0.2, 0.25) is 0 Å². The molecule has 10 heteroatoms. The van der Waals surface area contributed by atoms with Crippen LogP contribution in [0, 0.1) is 0 Å². The van der Waals surface area contributed by atoms with Crippen LogP contribution < -0.4 is 0 Å². The first-order valence-corrected chi connectivity index (χ1v) is 15.1. The maximum Gasteiger partial charge on any atom is 0.306 e. The Hall–Kier alpha value is -1.30. The summed E-state index contributed by atoms with van der Waals surface area (Å²) in [6.45, 7) is 3.27. The molecule has 39 heavy (non-hydrogen) atoms. The highest BCUT2D eigenvalue weighted by molar-refractivity contribution is 5.70. The summed E-state index contributed by atoms with van der Waals surface area (Å²) < 4.78 is 21.8. The lowest BCUT2D eigenvalue weighted by molar-refractivity contribution is -0.305. The largest absolute Gasteiger partial charge is 0.462 e. The number of esters is 2. The predicted octanol–water partition coefficient (Wildman–Crippen LogP) is 3.54. The van der Waals surface area contributed by atoms with Crippen molar-refractivity contribution in [3.63, 3.8) is 0 Å². The topological polar surface area (TPSA) is 152 Å². The Bertz CT molecular complexity index is 629. The lowest BCUT2D eigenvalue weighted by atomic mass is 9.99. The first-order chi connectivity index (χ1) is 18.8. The maximum absolute atomic E-state index is 12.5. The minimum absolute atomic E-state index is 0.213. The van der Waals surface area contributed by atoms with Gasteiger partial charge in [-0.15, -0.1) is 0 Å². The Kier molecular flexibility index (Phi) is 20.5. The zero-order valence-corrected chi connectivity index (χ0v) is 24.1. The molecule has 230 valence electrons. The number of rotatable bonds is 23. The predicted molar refractivity (Wildman–Crippen MR) is 146 cm³/mol.